The third kappa shape index (κ3) is 7.84. The van der Waals surface area contributed by atoms with E-state index in [4.69, 9.17) is 18.8 Å². The first-order valence-corrected chi connectivity index (χ1v) is 32.6. The van der Waals surface area contributed by atoms with E-state index < -0.39 is 0 Å². The molecular formula is C88H52N6O2. The van der Waals surface area contributed by atoms with Gasteiger partial charge in [-0.1, -0.05) is 158 Å². The van der Waals surface area contributed by atoms with Gasteiger partial charge in [0, 0.05) is 92.8 Å². The molecule has 446 valence electrons. The van der Waals surface area contributed by atoms with E-state index in [1.54, 1.807) is 0 Å². The lowest BCUT2D eigenvalue weighted by molar-refractivity contribution is 0.668. The Kier molecular flexibility index (Phi) is 11.1. The molecule has 0 atom stereocenters. The molecule has 21 rings (SSSR count). The van der Waals surface area contributed by atoms with Gasteiger partial charge in [0.15, 0.2) is 0 Å². The van der Waals surface area contributed by atoms with Crippen molar-refractivity contribution in [3.05, 3.63) is 315 Å². The number of hydrogen-bond acceptors (Lipinski definition) is 4. The number of para-hydroxylation sites is 8. The first-order chi connectivity index (χ1) is 47.6. The minimum absolute atomic E-state index is 0.558. The second kappa shape index (κ2) is 20.2. The average molecular weight is 1230 g/mol. The molecule has 8 heteroatoms. The molecule has 0 saturated heterocycles. The topological polar surface area (TPSA) is 71.8 Å². The van der Waals surface area contributed by atoms with Gasteiger partial charge in [-0.3, -0.25) is 4.57 Å². The van der Waals surface area contributed by atoms with E-state index in [1.165, 1.54) is 32.6 Å². The maximum atomic E-state index is 6.38. The van der Waals surface area contributed by atoms with Gasteiger partial charge < -0.3 is 22.5 Å². The van der Waals surface area contributed by atoms with Gasteiger partial charge in [-0.25, -0.2) is 9.97 Å². The van der Waals surface area contributed by atoms with Crippen LogP contribution in [0.2, 0.25) is 0 Å². The van der Waals surface area contributed by atoms with Crippen LogP contribution in [-0.4, -0.2) is 28.2 Å². The molecule has 0 aliphatic rings. The van der Waals surface area contributed by atoms with E-state index in [2.05, 4.69) is 309 Å². The zero-order valence-corrected chi connectivity index (χ0v) is 51.5. The van der Waals surface area contributed by atoms with E-state index >= 15 is 0 Å². The highest BCUT2D eigenvalue weighted by molar-refractivity contribution is 6.20. The van der Waals surface area contributed by atoms with Gasteiger partial charge in [-0.15, -0.1) is 0 Å². The fourth-order valence-electron chi connectivity index (χ4n) is 15.6. The molecule has 0 radical (unpaired) electrons. The van der Waals surface area contributed by atoms with E-state index in [9.17, 15) is 0 Å². The minimum Gasteiger partial charge on any atom is -0.456 e. The number of fused-ring (bicyclic) bond motifs is 18. The number of rotatable bonds is 8. The fourth-order valence-corrected chi connectivity index (χ4v) is 15.6. The van der Waals surface area contributed by atoms with E-state index in [0.29, 0.717) is 5.95 Å². The molecule has 0 bridgehead atoms. The molecule has 0 aliphatic heterocycles. The van der Waals surface area contributed by atoms with Crippen LogP contribution in [0.15, 0.2) is 324 Å². The summed E-state index contributed by atoms with van der Waals surface area (Å²) in [6.45, 7) is 0. The number of nitrogens with zero attached hydrogens (tertiary/aromatic N) is 6. The molecule has 0 spiro atoms. The normalized spacial score (nSPS) is 12.2. The number of benzene rings is 14. The Balaban J connectivity index is 0.817. The molecule has 0 saturated carbocycles. The molecule has 0 N–H and O–H groups in total. The summed E-state index contributed by atoms with van der Waals surface area (Å²) in [6.07, 6.45) is 0. The van der Waals surface area contributed by atoms with Gasteiger partial charge in [0.05, 0.1) is 55.5 Å². The molecule has 7 heterocycles. The van der Waals surface area contributed by atoms with Gasteiger partial charge in [0.2, 0.25) is 5.95 Å². The van der Waals surface area contributed by atoms with Crippen LogP contribution in [0.3, 0.4) is 0 Å². The summed E-state index contributed by atoms with van der Waals surface area (Å²) in [6, 6.07) is 114. The first-order valence-electron chi connectivity index (χ1n) is 32.6. The summed E-state index contributed by atoms with van der Waals surface area (Å²) in [4.78, 5) is 11.3. The lowest BCUT2D eigenvalue weighted by Crippen LogP contribution is -2.04. The third-order valence-electron chi connectivity index (χ3n) is 19.9. The largest absolute Gasteiger partial charge is 0.456 e. The molecule has 96 heavy (non-hydrogen) atoms. The Labute approximate surface area is 548 Å². The molecule has 21 aromatic rings. The Hall–Kier alpha value is -13.0. The lowest BCUT2D eigenvalue weighted by Gasteiger charge is -2.15. The maximum Gasteiger partial charge on any atom is 0.235 e. The monoisotopic (exact) mass is 1220 g/mol. The smallest absolute Gasteiger partial charge is 0.235 e. The van der Waals surface area contributed by atoms with Gasteiger partial charge in [-0.2, -0.15) is 0 Å². The van der Waals surface area contributed by atoms with Crippen LogP contribution in [0.25, 0.3) is 199 Å². The summed E-state index contributed by atoms with van der Waals surface area (Å²) < 4.78 is 22.3. The molecule has 0 unspecified atom stereocenters. The van der Waals surface area contributed by atoms with Gasteiger partial charge in [0.1, 0.15) is 22.3 Å². The van der Waals surface area contributed by atoms with Crippen LogP contribution in [0, 0.1) is 0 Å². The Morgan fingerprint density at radius 2 is 0.531 bits per heavy atom. The van der Waals surface area contributed by atoms with Crippen LogP contribution in [-0.2, 0) is 0 Å². The fraction of sp³-hybridized carbons (Fsp3) is 0. The molecule has 14 aromatic carbocycles. The van der Waals surface area contributed by atoms with Crippen LogP contribution in [0.5, 0.6) is 0 Å². The summed E-state index contributed by atoms with van der Waals surface area (Å²) in [5.74, 6) is 0.558. The highest BCUT2D eigenvalue weighted by Gasteiger charge is 2.24. The summed E-state index contributed by atoms with van der Waals surface area (Å²) in [5, 5.41) is 13.5. The Morgan fingerprint density at radius 3 is 1.00 bits per heavy atom. The number of furan rings is 2. The minimum atomic E-state index is 0.558. The van der Waals surface area contributed by atoms with Gasteiger partial charge >= 0.3 is 0 Å². The summed E-state index contributed by atoms with van der Waals surface area (Å²) >= 11 is 0. The second-order valence-electron chi connectivity index (χ2n) is 25.3. The van der Waals surface area contributed by atoms with Crippen molar-refractivity contribution in [2.24, 2.45) is 0 Å². The van der Waals surface area contributed by atoms with Crippen molar-refractivity contribution in [2.45, 2.75) is 0 Å². The van der Waals surface area contributed by atoms with E-state index in [1.807, 2.05) is 24.3 Å². The van der Waals surface area contributed by atoms with E-state index in [-0.39, 0.29) is 0 Å². The summed E-state index contributed by atoms with van der Waals surface area (Å²) in [5.41, 5.74) is 23.4. The summed E-state index contributed by atoms with van der Waals surface area (Å²) in [7, 11) is 0. The zero-order chi connectivity index (χ0) is 62.7. The van der Waals surface area contributed by atoms with Crippen molar-refractivity contribution >= 4 is 131 Å². The zero-order valence-electron chi connectivity index (χ0n) is 51.5. The standard InChI is InChI=1S/C88H52N6O2/c1-3-19-59(20-4-1)91-76-29-13-7-23-62(76)68-46-53(35-39-80(68)91)57-43-58(54-36-40-81-69(47-54)63-24-8-14-30-77(63)92(81)60-21-5-2-6-22-60)45-61(44-57)93-78-31-15-9-25-64(78)70-50-71-65-26-10-16-32-79(65)94(83(71)52-82(70)93)88-89-74(55-37-41-86-72(48-55)66-27-11-17-33-84(66)95-86)51-75(90-88)56-38-42-87-73(49-56)67-28-12-18-34-85(67)96-87/h1-52H. The van der Waals surface area contributed by atoms with Gasteiger partial charge in [0.25, 0.3) is 0 Å². The van der Waals surface area contributed by atoms with Gasteiger partial charge in [-0.05, 0) is 180 Å². The molecular weight excluding hydrogens is 1170 g/mol. The maximum absolute atomic E-state index is 6.38. The molecule has 8 nitrogen and oxygen atoms in total. The number of aromatic nitrogens is 6. The van der Waals surface area contributed by atoms with Crippen LogP contribution in [0.4, 0.5) is 0 Å². The average Bonchev–Trinajstić information content (AvgIpc) is 1.55. The SMILES string of the molecule is c1ccc(-n2c3ccccc3c3cc(-c4cc(-c5ccc6c(c5)c5ccccc5n6-c5ccccc5)cc(-n5c6ccccc6c6cc7c8ccccc8n(-c8nc(-c9ccc%10oc%11ccccc%11c%10c9)cc(-c9ccc%10oc%11ccccc%11c%10c9)n8)c7cc65)c4)ccc32)cc1. The molecule has 7 aromatic heterocycles. The predicted molar refractivity (Wildman–Crippen MR) is 396 cm³/mol. The van der Waals surface area contributed by atoms with E-state index in [0.717, 1.165) is 160 Å². The van der Waals surface area contributed by atoms with Crippen molar-refractivity contribution in [1.29, 1.82) is 0 Å². The third-order valence-corrected chi connectivity index (χ3v) is 19.9. The van der Waals surface area contributed by atoms with Crippen molar-refractivity contribution in [1.82, 2.24) is 28.2 Å². The van der Waals surface area contributed by atoms with Crippen molar-refractivity contribution in [3.8, 4) is 67.8 Å². The molecule has 0 aliphatic carbocycles. The van der Waals surface area contributed by atoms with Crippen LogP contribution < -0.4 is 0 Å². The predicted octanol–water partition coefficient (Wildman–Crippen LogP) is 23.3. The second-order valence-corrected chi connectivity index (χ2v) is 25.3. The van der Waals surface area contributed by atoms with Crippen LogP contribution in [0.1, 0.15) is 0 Å². The Morgan fingerprint density at radius 1 is 0.188 bits per heavy atom. The molecule has 0 amide bonds. The highest BCUT2D eigenvalue weighted by Crippen LogP contribution is 2.45. The van der Waals surface area contributed by atoms with Crippen molar-refractivity contribution < 1.29 is 8.83 Å². The van der Waals surface area contributed by atoms with Crippen molar-refractivity contribution in [3.63, 3.8) is 0 Å². The molecule has 0 fully saturated rings. The first kappa shape index (κ1) is 52.6. The van der Waals surface area contributed by atoms with Crippen molar-refractivity contribution in [2.75, 3.05) is 0 Å². The Bertz CT molecular complexity index is 6530. The quantitative estimate of drug-likeness (QED) is 0.152. The van der Waals surface area contributed by atoms with Crippen LogP contribution >= 0.6 is 0 Å². The highest BCUT2D eigenvalue weighted by atomic mass is 16.3. The lowest BCUT2D eigenvalue weighted by atomic mass is 9.96. The number of hydrogen-bond donors (Lipinski definition) is 0.